The van der Waals surface area contributed by atoms with E-state index >= 15 is 0 Å². The second kappa shape index (κ2) is 9.94. The maximum absolute atomic E-state index is 11.5. The smallest absolute Gasteiger partial charge is 0.308 e. The van der Waals surface area contributed by atoms with E-state index in [-0.39, 0.29) is 18.5 Å². The molecule has 0 N–H and O–H groups in total. The van der Waals surface area contributed by atoms with Gasteiger partial charge in [0.1, 0.15) is 19.0 Å². The van der Waals surface area contributed by atoms with Crippen LogP contribution < -0.4 is 4.74 Å². The third kappa shape index (κ3) is 6.02. The molecular formula is C20H21N3O3. The predicted molar refractivity (Wildman–Crippen MR) is 97.7 cm³/mol. The minimum absolute atomic E-state index is 0.0873. The van der Waals surface area contributed by atoms with Gasteiger partial charge in [0, 0.05) is 0 Å². The third-order valence-corrected chi connectivity index (χ3v) is 3.73. The number of esters is 1. The Morgan fingerprint density at radius 2 is 1.62 bits per heavy atom. The fourth-order valence-corrected chi connectivity index (χ4v) is 1.94. The van der Waals surface area contributed by atoms with Gasteiger partial charge in [-0.2, -0.15) is 15.5 Å². The van der Waals surface area contributed by atoms with E-state index in [9.17, 15) is 4.79 Å². The summed E-state index contributed by atoms with van der Waals surface area (Å²) in [6.07, 6.45) is 0.762. The molecule has 6 heteroatoms. The van der Waals surface area contributed by atoms with E-state index in [1.54, 1.807) is 48.5 Å². The largest absolute Gasteiger partial charge is 0.490 e. The number of nitriles is 1. The number of azo groups is 1. The number of hydrogen-bond acceptors (Lipinski definition) is 6. The first kappa shape index (κ1) is 19.1. The van der Waals surface area contributed by atoms with Crippen molar-refractivity contribution < 1.29 is 14.3 Å². The summed E-state index contributed by atoms with van der Waals surface area (Å²) >= 11 is 0. The highest BCUT2D eigenvalue weighted by atomic mass is 16.6. The minimum atomic E-state index is -0.199. The van der Waals surface area contributed by atoms with Crippen LogP contribution in [0.25, 0.3) is 0 Å². The van der Waals surface area contributed by atoms with Crippen molar-refractivity contribution in [2.75, 3.05) is 13.2 Å². The fraction of sp³-hybridized carbons (Fsp3) is 0.300. The van der Waals surface area contributed by atoms with Crippen molar-refractivity contribution in [3.05, 3.63) is 54.1 Å². The summed E-state index contributed by atoms with van der Waals surface area (Å²) in [6.45, 7) is 4.31. The van der Waals surface area contributed by atoms with Crippen molar-refractivity contribution in [2.24, 2.45) is 16.1 Å². The monoisotopic (exact) mass is 351 g/mol. The van der Waals surface area contributed by atoms with Gasteiger partial charge in [-0.15, -0.1) is 0 Å². The van der Waals surface area contributed by atoms with E-state index in [4.69, 9.17) is 14.7 Å². The van der Waals surface area contributed by atoms with Gasteiger partial charge in [-0.3, -0.25) is 4.79 Å². The van der Waals surface area contributed by atoms with Crippen molar-refractivity contribution in [3.8, 4) is 11.8 Å². The third-order valence-electron chi connectivity index (χ3n) is 3.73. The molecule has 0 aromatic heterocycles. The Hall–Kier alpha value is -3.20. The van der Waals surface area contributed by atoms with Crippen molar-refractivity contribution >= 4 is 17.3 Å². The molecule has 1 atom stereocenters. The summed E-state index contributed by atoms with van der Waals surface area (Å²) in [6, 6.07) is 16.0. The molecule has 0 spiro atoms. The van der Waals surface area contributed by atoms with Gasteiger partial charge in [0.15, 0.2) is 0 Å². The highest BCUT2D eigenvalue weighted by Gasteiger charge is 2.11. The van der Waals surface area contributed by atoms with Crippen LogP contribution in [-0.2, 0) is 9.53 Å². The van der Waals surface area contributed by atoms with Crippen molar-refractivity contribution in [1.82, 2.24) is 0 Å². The topological polar surface area (TPSA) is 84.0 Å². The molecule has 0 aliphatic heterocycles. The SMILES string of the molecule is CCC(C)C(=O)OCCOc1ccc(N=Nc2ccc(C#N)cc2)cc1. The Kier molecular flexibility index (Phi) is 7.31. The zero-order valence-corrected chi connectivity index (χ0v) is 14.9. The molecule has 0 bridgehead atoms. The first-order chi connectivity index (χ1) is 12.6. The van der Waals surface area contributed by atoms with Crippen molar-refractivity contribution in [1.29, 1.82) is 5.26 Å². The normalized spacial score (nSPS) is 11.7. The maximum atomic E-state index is 11.5. The average molecular weight is 351 g/mol. The summed E-state index contributed by atoms with van der Waals surface area (Å²) in [5.41, 5.74) is 1.94. The standard InChI is InChI=1S/C20H21N3O3/c1-3-15(2)20(24)26-13-12-25-19-10-8-18(9-11-19)23-22-17-6-4-16(14-21)5-7-17/h4-11,15H,3,12-13H2,1-2H3. The number of nitrogens with zero attached hydrogens (tertiary/aromatic N) is 3. The van der Waals surface area contributed by atoms with Crippen LogP contribution in [0, 0.1) is 17.2 Å². The molecule has 0 fully saturated rings. The number of rotatable bonds is 8. The van der Waals surface area contributed by atoms with Gasteiger partial charge >= 0.3 is 5.97 Å². The van der Waals surface area contributed by atoms with E-state index in [0.29, 0.717) is 29.3 Å². The van der Waals surface area contributed by atoms with Crippen LogP contribution in [0.1, 0.15) is 25.8 Å². The number of carbonyl (C=O) groups excluding carboxylic acids is 1. The number of hydrogen-bond donors (Lipinski definition) is 0. The van der Waals surface area contributed by atoms with Gasteiger partial charge in [0.2, 0.25) is 0 Å². The highest BCUT2D eigenvalue weighted by Crippen LogP contribution is 2.21. The molecule has 134 valence electrons. The molecule has 6 nitrogen and oxygen atoms in total. The molecule has 26 heavy (non-hydrogen) atoms. The minimum Gasteiger partial charge on any atom is -0.490 e. The van der Waals surface area contributed by atoms with E-state index in [1.807, 2.05) is 13.8 Å². The molecule has 0 aliphatic carbocycles. The summed E-state index contributed by atoms with van der Waals surface area (Å²) in [7, 11) is 0. The lowest BCUT2D eigenvalue weighted by Crippen LogP contribution is -2.17. The molecule has 0 radical (unpaired) electrons. The van der Waals surface area contributed by atoms with Crippen LogP contribution in [-0.4, -0.2) is 19.2 Å². The van der Waals surface area contributed by atoms with E-state index in [2.05, 4.69) is 16.3 Å². The van der Waals surface area contributed by atoms with Crippen LogP contribution in [0.3, 0.4) is 0 Å². The first-order valence-corrected chi connectivity index (χ1v) is 8.43. The van der Waals surface area contributed by atoms with Crippen LogP contribution in [0.2, 0.25) is 0 Å². The maximum Gasteiger partial charge on any atom is 0.308 e. The molecule has 0 aliphatic rings. The number of ether oxygens (including phenoxy) is 2. The Morgan fingerprint density at radius 3 is 2.15 bits per heavy atom. The molecular weight excluding hydrogens is 330 g/mol. The van der Waals surface area contributed by atoms with E-state index < -0.39 is 0 Å². The van der Waals surface area contributed by atoms with Crippen LogP contribution in [0.5, 0.6) is 5.75 Å². The molecule has 2 aromatic rings. The van der Waals surface area contributed by atoms with E-state index in [0.717, 1.165) is 6.42 Å². The second-order valence-corrected chi connectivity index (χ2v) is 5.68. The summed E-state index contributed by atoms with van der Waals surface area (Å²) < 4.78 is 10.7. The Bertz CT molecular complexity index is 777. The molecule has 0 amide bonds. The van der Waals surface area contributed by atoms with E-state index in [1.165, 1.54) is 0 Å². The van der Waals surface area contributed by atoms with Gasteiger partial charge in [-0.1, -0.05) is 13.8 Å². The summed E-state index contributed by atoms with van der Waals surface area (Å²) in [5.74, 6) is 0.382. The summed E-state index contributed by atoms with van der Waals surface area (Å²) in [5, 5.41) is 17.0. The summed E-state index contributed by atoms with van der Waals surface area (Å²) in [4.78, 5) is 11.5. The molecule has 0 saturated heterocycles. The lowest BCUT2D eigenvalue weighted by atomic mass is 10.1. The van der Waals surface area contributed by atoms with Gasteiger partial charge in [0.25, 0.3) is 0 Å². The second-order valence-electron chi connectivity index (χ2n) is 5.68. The van der Waals surface area contributed by atoms with Gasteiger partial charge in [-0.25, -0.2) is 0 Å². The quantitative estimate of drug-likeness (QED) is 0.383. The van der Waals surface area contributed by atoms with Gasteiger partial charge in [0.05, 0.1) is 28.9 Å². The molecule has 2 aromatic carbocycles. The Labute approximate surface area is 153 Å². The lowest BCUT2D eigenvalue weighted by molar-refractivity contribution is -0.148. The Balaban J connectivity index is 1.79. The molecule has 0 heterocycles. The van der Waals surface area contributed by atoms with Crippen LogP contribution in [0.15, 0.2) is 58.8 Å². The molecule has 2 rings (SSSR count). The number of benzene rings is 2. The molecule has 0 saturated carbocycles. The lowest BCUT2D eigenvalue weighted by Gasteiger charge is -2.10. The van der Waals surface area contributed by atoms with Crippen LogP contribution >= 0.6 is 0 Å². The van der Waals surface area contributed by atoms with Crippen LogP contribution in [0.4, 0.5) is 11.4 Å². The van der Waals surface area contributed by atoms with Crippen molar-refractivity contribution in [2.45, 2.75) is 20.3 Å². The average Bonchev–Trinajstić information content (AvgIpc) is 2.70. The zero-order chi connectivity index (χ0) is 18.8. The molecule has 1 unspecified atom stereocenters. The van der Waals surface area contributed by atoms with Crippen molar-refractivity contribution in [3.63, 3.8) is 0 Å². The zero-order valence-electron chi connectivity index (χ0n) is 14.9. The number of carbonyl (C=O) groups is 1. The van der Waals surface area contributed by atoms with Gasteiger partial charge < -0.3 is 9.47 Å². The first-order valence-electron chi connectivity index (χ1n) is 8.43. The fourth-order valence-electron chi connectivity index (χ4n) is 1.94. The highest BCUT2D eigenvalue weighted by molar-refractivity contribution is 5.71. The Morgan fingerprint density at radius 1 is 1.04 bits per heavy atom. The predicted octanol–water partition coefficient (Wildman–Crippen LogP) is 4.94. The van der Waals surface area contributed by atoms with Gasteiger partial charge in [-0.05, 0) is 55.0 Å².